The summed E-state index contributed by atoms with van der Waals surface area (Å²) in [5, 5.41) is 0. The molecule has 0 rings (SSSR count). The Morgan fingerprint density at radius 2 is 2.07 bits per heavy atom. The van der Waals surface area contributed by atoms with E-state index in [-0.39, 0.29) is 18.4 Å². The fourth-order valence-corrected chi connectivity index (χ4v) is 0.996. The zero-order valence-corrected chi connectivity index (χ0v) is 8.78. The van der Waals surface area contributed by atoms with Crippen LogP contribution in [0.1, 0.15) is 20.3 Å². The molecule has 0 saturated carbocycles. The van der Waals surface area contributed by atoms with Gasteiger partial charge in [0.2, 0.25) is 5.91 Å². The number of hydrogen-bond acceptors (Lipinski definition) is 3. The molecule has 0 aliphatic rings. The summed E-state index contributed by atoms with van der Waals surface area (Å²) in [5.41, 5.74) is 0. The van der Waals surface area contributed by atoms with Crippen LogP contribution in [0.25, 0.3) is 0 Å². The highest BCUT2D eigenvalue weighted by atomic mass is 16.5. The van der Waals surface area contributed by atoms with Crippen LogP contribution in [0.4, 0.5) is 0 Å². The second-order valence-corrected chi connectivity index (χ2v) is 2.72. The van der Waals surface area contributed by atoms with Gasteiger partial charge in [0, 0.05) is 13.0 Å². The molecule has 0 aliphatic heterocycles. The Morgan fingerprint density at radius 3 is 2.50 bits per heavy atom. The Labute approximate surface area is 84.5 Å². The largest absolute Gasteiger partial charge is 0.465 e. The van der Waals surface area contributed by atoms with E-state index < -0.39 is 0 Å². The van der Waals surface area contributed by atoms with E-state index in [1.165, 1.54) is 4.90 Å². The Morgan fingerprint density at radius 1 is 1.43 bits per heavy atom. The molecule has 0 unspecified atom stereocenters. The van der Waals surface area contributed by atoms with E-state index in [1.54, 1.807) is 19.9 Å². The molecule has 0 fully saturated rings. The molecule has 0 saturated heterocycles. The van der Waals surface area contributed by atoms with Gasteiger partial charge < -0.3 is 9.64 Å². The molecule has 0 atom stereocenters. The standard InChI is InChI=1S/C10H17NO3/c1-4-7-11(9(12)5-2)8-10(13)14-6-3/h4H,1,5-8H2,2-3H3. The first-order valence-corrected chi connectivity index (χ1v) is 4.69. The lowest BCUT2D eigenvalue weighted by Crippen LogP contribution is -2.36. The molecule has 0 spiro atoms. The molecule has 4 nitrogen and oxygen atoms in total. The average Bonchev–Trinajstić information content (AvgIpc) is 2.16. The van der Waals surface area contributed by atoms with Gasteiger partial charge in [-0.3, -0.25) is 9.59 Å². The molecular weight excluding hydrogens is 182 g/mol. The highest BCUT2D eigenvalue weighted by Gasteiger charge is 2.14. The Bertz CT molecular complexity index is 213. The van der Waals surface area contributed by atoms with Crippen LogP contribution in [-0.2, 0) is 14.3 Å². The summed E-state index contributed by atoms with van der Waals surface area (Å²) in [6, 6.07) is 0. The highest BCUT2D eigenvalue weighted by molar-refractivity contribution is 5.81. The fraction of sp³-hybridized carbons (Fsp3) is 0.600. The number of carbonyl (C=O) groups is 2. The zero-order chi connectivity index (χ0) is 11.0. The molecule has 0 N–H and O–H groups in total. The first-order chi connectivity index (χ1) is 6.65. The smallest absolute Gasteiger partial charge is 0.325 e. The SMILES string of the molecule is C=CCN(CC(=O)OCC)C(=O)CC. The summed E-state index contributed by atoms with van der Waals surface area (Å²) in [5.74, 6) is -0.450. The summed E-state index contributed by atoms with van der Waals surface area (Å²) >= 11 is 0. The fourth-order valence-electron chi connectivity index (χ4n) is 0.996. The summed E-state index contributed by atoms with van der Waals surface area (Å²) in [6.45, 7) is 7.73. The van der Waals surface area contributed by atoms with Crippen molar-refractivity contribution >= 4 is 11.9 Å². The molecular formula is C10H17NO3. The van der Waals surface area contributed by atoms with Crippen LogP contribution in [0.2, 0.25) is 0 Å². The molecule has 0 heterocycles. The van der Waals surface area contributed by atoms with E-state index in [4.69, 9.17) is 4.74 Å². The van der Waals surface area contributed by atoms with Crippen molar-refractivity contribution in [2.24, 2.45) is 0 Å². The van der Waals surface area contributed by atoms with Crippen molar-refractivity contribution in [2.75, 3.05) is 19.7 Å². The molecule has 0 radical (unpaired) electrons. The number of carbonyl (C=O) groups excluding carboxylic acids is 2. The maximum atomic E-state index is 11.3. The summed E-state index contributed by atoms with van der Waals surface area (Å²) < 4.78 is 4.75. The summed E-state index contributed by atoms with van der Waals surface area (Å²) in [6.07, 6.45) is 1.97. The van der Waals surface area contributed by atoms with E-state index in [2.05, 4.69) is 6.58 Å². The van der Waals surface area contributed by atoms with Crippen LogP contribution in [0.15, 0.2) is 12.7 Å². The minimum Gasteiger partial charge on any atom is -0.465 e. The number of ether oxygens (including phenoxy) is 1. The molecule has 0 aromatic heterocycles. The quantitative estimate of drug-likeness (QED) is 0.473. The Balaban J connectivity index is 4.14. The van der Waals surface area contributed by atoms with Crippen LogP contribution in [-0.4, -0.2) is 36.5 Å². The van der Waals surface area contributed by atoms with E-state index >= 15 is 0 Å². The second-order valence-electron chi connectivity index (χ2n) is 2.72. The number of rotatable bonds is 6. The van der Waals surface area contributed by atoms with Gasteiger partial charge in [0.05, 0.1) is 6.61 Å². The van der Waals surface area contributed by atoms with Crippen LogP contribution in [0.5, 0.6) is 0 Å². The van der Waals surface area contributed by atoms with Crippen LogP contribution < -0.4 is 0 Å². The first-order valence-electron chi connectivity index (χ1n) is 4.69. The summed E-state index contributed by atoms with van der Waals surface area (Å²) in [7, 11) is 0. The minimum atomic E-state index is -0.379. The lowest BCUT2D eigenvalue weighted by Gasteiger charge is -2.18. The first kappa shape index (κ1) is 12.7. The highest BCUT2D eigenvalue weighted by Crippen LogP contribution is 1.95. The van der Waals surface area contributed by atoms with Gasteiger partial charge in [-0.05, 0) is 6.92 Å². The summed E-state index contributed by atoms with van der Waals surface area (Å²) in [4.78, 5) is 23.8. The monoisotopic (exact) mass is 199 g/mol. The van der Waals surface area contributed by atoms with Crippen molar-refractivity contribution in [2.45, 2.75) is 20.3 Å². The van der Waals surface area contributed by atoms with Crippen molar-refractivity contribution < 1.29 is 14.3 Å². The maximum absolute atomic E-state index is 11.3. The van der Waals surface area contributed by atoms with Gasteiger partial charge in [-0.25, -0.2) is 0 Å². The van der Waals surface area contributed by atoms with Crippen molar-refractivity contribution in [3.8, 4) is 0 Å². The third kappa shape index (κ3) is 4.64. The average molecular weight is 199 g/mol. The topological polar surface area (TPSA) is 46.6 Å². The number of hydrogen-bond donors (Lipinski definition) is 0. The lowest BCUT2D eigenvalue weighted by atomic mass is 10.3. The van der Waals surface area contributed by atoms with E-state index in [1.807, 2.05) is 0 Å². The third-order valence-electron chi connectivity index (χ3n) is 1.63. The van der Waals surface area contributed by atoms with Crippen molar-refractivity contribution in [1.82, 2.24) is 4.90 Å². The minimum absolute atomic E-state index is 0.00648. The van der Waals surface area contributed by atoms with Gasteiger partial charge in [0.1, 0.15) is 6.54 Å². The van der Waals surface area contributed by atoms with Crippen molar-refractivity contribution in [3.05, 3.63) is 12.7 Å². The second kappa shape index (κ2) is 7.12. The zero-order valence-electron chi connectivity index (χ0n) is 8.78. The predicted octanol–water partition coefficient (Wildman–Crippen LogP) is 0.974. The molecule has 1 amide bonds. The number of amides is 1. The van der Waals surface area contributed by atoms with Crippen LogP contribution in [0.3, 0.4) is 0 Å². The van der Waals surface area contributed by atoms with Crippen LogP contribution >= 0.6 is 0 Å². The van der Waals surface area contributed by atoms with Crippen molar-refractivity contribution in [3.63, 3.8) is 0 Å². The molecule has 0 aliphatic carbocycles. The maximum Gasteiger partial charge on any atom is 0.325 e. The molecule has 4 heteroatoms. The van der Waals surface area contributed by atoms with E-state index in [0.29, 0.717) is 19.6 Å². The molecule has 14 heavy (non-hydrogen) atoms. The molecule has 80 valence electrons. The molecule has 0 aromatic rings. The number of esters is 1. The Kier molecular flexibility index (Phi) is 6.45. The normalized spacial score (nSPS) is 9.29. The third-order valence-corrected chi connectivity index (χ3v) is 1.63. The van der Waals surface area contributed by atoms with Gasteiger partial charge >= 0.3 is 5.97 Å². The van der Waals surface area contributed by atoms with Gasteiger partial charge in [-0.1, -0.05) is 13.0 Å². The van der Waals surface area contributed by atoms with E-state index in [9.17, 15) is 9.59 Å². The van der Waals surface area contributed by atoms with Crippen molar-refractivity contribution in [1.29, 1.82) is 0 Å². The van der Waals surface area contributed by atoms with Crippen LogP contribution in [0, 0.1) is 0 Å². The Hall–Kier alpha value is -1.32. The van der Waals surface area contributed by atoms with E-state index in [0.717, 1.165) is 0 Å². The molecule has 0 bridgehead atoms. The lowest BCUT2D eigenvalue weighted by molar-refractivity contribution is -0.148. The predicted molar refractivity (Wildman–Crippen MR) is 53.7 cm³/mol. The molecule has 0 aromatic carbocycles. The van der Waals surface area contributed by atoms with Gasteiger partial charge in [-0.2, -0.15) is 0 Å². The number of nitrogens with zero attached hydrogens (tertiary/aromatic N) is 1. The van der Waals surface area contributed by atoms with Gasteiger partial charge in [-0.15, -0.1) is 6.58 Å². The van der Waals surface area contributed by atoms with Gasteiger partial charge in [0.15, 0.2) is 0 Å². The van der Waals surface area contributed by atoms with Gasteiger partial charge in [0.25, 0.3) is 0 Å².